The lowest BCUT2D eigenvalue weighted by Gasteiger charge is -2.30. The molecule has 2 atom stereocenters. The van der Waals surface area contributed by atoms with E-state index in [1.807, 2.05) is 48.5 Å². The van der Waals surface area contributed by atoms with Crippen LogP contribution < -0.4 is 10.6 Å². The van der Waals surface area contributed by atoms with E-state index in [-0.39, 0.29) is 22.3 Å². The molecule has 160 valence electrons. The minimum atomic E-state index is -0.468. The highest BCUT2D eigenvalue weighted by molar-refractivity contribution is 6.01. The zero-order valence-corrected chi connectivity index (χ0v) is 17.7. The van der Waals surface area contributed by atoms with Crippen molar-refractivity contribution in [3.05, 3.63) is 111 Å². The third-order valence-corrected chi connectivity index (χ3v) is 6.34. The Labute approximate surface area is 186 Å². The fraction of sp³-hybridized carbons (Fsp3) is 0.192. The smallest absolute Gasteiger partial charge is 0.272 e. The van der Waals surface area contributed by atoms with Crippen LogP contribution in [0.5, 0.6) is 0 Å². The lowest BCUT2D eigenvalue weighted by Crippen LogP contribution is -2.27. The molecule has 6 nitrogen and oxygen atoms in total. The molecule has 0 fully saturated rings. The van der Waals surface area contributed by atoms with E-state index in [0.717, 1.165) is 22.6 Å². The average Bonchev–Trinajstić information content (AvgIpc) is 2.96. The molecule has 1 aliphatic carbocycles. The van der Waals surface area contributed by atoms with Crippen molar-refractivity contribution >= 4 is 22.8 Å². The number of allylic oxidation sites excluding steroid dienone is 1. The highest BCUT2D eigenvalue weighted by Gasteiger charge is 2.36. The van der Waals surface area contributed by atoms with E-state index < -0.39 is 6.04 Å². The summed E-state index contributed by atoms with van der Waals surface area (Å²) in [5, 5.41) is 18.5. The van der Waals surface area contributed by atoms with Crippen LogP contribution in [0.1, 0.15) is 41.5 Å². The molecule has 0 saturated carbocycles. The Hall–Kier alpha value is -3.93. The van der Waals surface area contributed by atoms with Gasteiger partial charge in [0.15, 0.2) is 5.78 Å². The van der Waals surface area contributed by atoms with Crippen molar-refractivity contribution in [2.24, 2.45) is 0 Å². The summed E-state index contributed by atoms with van der Waals surface area (Å²) in [6, 6.07) is 22.6. The fourth-order valence-corrected chi connectivity index (χ4v) is 4.71. The lowest BCUT2D eigenvalue weighted by atomic mass is 9.78. The summed E-state index contributed by atoms with van der Waals surface area (Å²) in [7, 11) is 0. The number of carbonyl (C=O) groups excluding carboxylic acids is 1. The standard InChI is InChI=1S/C26H23N3O3/c1-16-11-12-18(14-23(16)29(31)32)26-25-22(27-20-9-5-6-10-21(20)28-26)13-19(15-24(25)30)17-7-3-2-4-8-17/h2-12,14,19,26-28H,13,15H2,1H3/t19-,26+/m1/s1. The van der Waals surface area contributed by atoms with Gasteiger partial charge in [-0.2, -0.15) is 0 Å². The quantitative estimate of drug-likeness (QED) is 0.404. The molecule has 0 radical (unpaired) electrons. The summed E-state index contributed by atoms with van der Waals surface area (Å²) in [5.41, 5.74) is 5.79. The van der Waals surface area contributed by atoms with Gasteiger partial charge in [-0.25, -0.2) is 0 Å². The number of hydrogen-bond donors (Lipinski definition) is 2. The maximum atomic E-state index is 13.5. The van der Waals surface area contributed by atoms with Gasteiger partial charge in [0.2, 0.25) is 0 Å². The molecule has 0 unspecified atom stereocenters. The highest BCUT2D eigenvalue weighted by atomic mass is 16.6. The Bertz CT molecular complexity index is 1250. The van der Waals surface area contributed by atoms with Gasteiger partial charge in [0.25, 0.3) is 5.69 Å². The number of nitro groups is 1. The van der Waals surface area contributed by atoms with Gasteiger partial charge in [-0.1, -0.05) is 54.6 Å². The Kier molecular flexibility index (Phi) is 4.98. The minimum absolute atomic E-state index is 0.0566. The number of nitrogens with zero attached hydrogens (tertiary/aromatic N) is 1. The van der Waals surface area contributed by atoms with Crippen LogP contribution in [0.25, 0.3) is 0 Å². The van der Waals surface area contributed by atoms with Crippen LogP contribution in [0, 0.1) is 17.0 Å². The molecule has 1 aliphatic heterocycles. The molecule has 3 aromatic rings. The summed E-state index contributed by atoms with van der Waals surface area (Å²) in [6.45, 7) is 1.72. The van der Waals surface area contributed by atoms with Crippen LogP contribution >= 0.6 is 0 Å². The molecule has 32 heavy (non-hydrogen) atoms. The summed E-state index contributed by atoms with van der Waals surface area (Å²) in [6.07, 6.45) is 1.11. The molecule has 0 saturated heterocycles. The first-order chi connectivity index (χ1) is 15.5. The number of nitro benzene ring substituents is 1. The summed E-state index contributed by atoms with van der Waals surface area (Å²) in [4.78, 5) is 24.7. The van der Waals surface area contributed by atoms with E-state index in [2.05, 4.69) is 22.8 Å². The molecular weight excluding hydrogens is 402 g/mol. The number of para-hydroxylation sites is 2. The van der Waals surface area contributed by atoms with Crippen molar-refractivity contribution < 1.29 is 9.72 Å². The Balaban J connectivity index is 1.64. The topological polar surface area (TPSA) is 84.3 Å². The van der Waals surface area contributed by atoms with E-state index in [1.165, 1.54) is 0 Å². The average molecular weight is 425 g/mol. The molecule has 6 heteroatoms. The molecule has 0 bridgehead atoms. The summed E-state index contributed by atoms with van der Waals surface area (Å²) < 4.78 is 0. The zero-order valence-electron chi connectivity index (χ0n) is 17.7. The normalized spacial score (nSPS) is 19.8. The predicted molar refractivity (Wildman–Crippen MR) is 125 cm³/mol. The Morgan fingerprint density at radius 2 is 1.62 bits per heavy atom. The van der Waals surface area contributed by atoms with Gasteiger partial charge in [-0.15, -0.1) is 0 Å². The second kappa shape index (κ2) is 7.96. The zero-order chi connectivity index (χ0) is 22.2. The molecular formula is C26H23N3O3. The number of ketones is 1. The van der Waals surface area contributed by atoms with E-state index in [9.17, 15) is 14.9 Å². The highest BCUT2D eigenvalue weighted by Crippen LogP contribution is 2.44. The van der Waals surface area contributed by atoms with Gasteiger partial charge < -0.3 is 10.6 Å². The number of benzene rings is 3. The number of nitrogens with one attached hydrogen (secondary N) is 2. The first kappa shape index (κ1) is 20.0. The van der Waals surface area contributed by atoms with Gasteiger partial charge in [0.05, 0.1) is 22.3 Å². The lowest BCUT2D eigenvalue weighted by molar-refractivity contribution is -0.385. The van der Waals surface area contributed by atoms with Crippen LogP contribution in [0.2, 0.25) is 0 Å². The molecule has 0 spiro atoms. The van der Waals surface area contributed by atoms with Crippen molar-refractivity contribution in [1.29, 1.82) is 0 Å². The number of carbonyl (C=O) groups is 1. The number of aryl methyl sites for hydroxylation is 1. The van der Waals surface area contributed by atoms with Gasteiger partial charge >= 0.3 is 0 Å². The molecule has 0 amide bonds. The SMILES string of the molecule is Cc1ccc([C@@H]2Nc3ccccc3NC3=C2C(=O)C[C@H](c2ccccc2)C3)cc1[N+](=O)[O-]. The first-order valence-electron chi connectivity index (χ1n) is 10.7. The number of anilines is 2. The van der Waals surface area contributed by atoms with E-state index >= 15 is 0 Å². The van der Waals surface area contributed by atoms with Gasteiger partial charge in [-0.3, -0.25) is 14.9 Å². The Morgan fingerprint density at radius 3 is 2.38 bits per heavy atom. The maximum absolute atomic E-state index is 13.5. The minimum Gasteiger partial charge on any atom is -0.372 e. The van der Waals surface area contributed by atoms with Crippen LogP contribution in [-0.4, -0.2) is 10.7 Å². The number of rotatable bonds is 3. The second-order valence-electron chi connectivity index (χ2n) is 8.38. The van der Waals surface area contributed by atoms with Crippen LogP contribution in [0.15, 0.2) is 84.1 Å². The van der Waals surface area contributed by atoms with Gasteiger partial charge in [0, 0.05) is 29.3 Å². The van der Waals surface area contributed by atoms with Crippen LogP contribution in [-0.2, 0) is 4.79 Å². The molecule has 0 aromatic heterocycles. The molecule has 5 rings (SSSR count). The van der Waals surface area contributed by atoms with E-state index in [1.54, 1.807) is 19.1 Å². The van der Waals surface area contributed by atoms with E-state index in [4.69, 9.17) is 0 Å². The van der Waals surface area contributed by atoms with Gasteiger partial charge in [0.1, 0.15) is 0 Å². The van der Waals surface area contributed by atoms with Crippen molar-refractivity contribution in [2.75, 3.05) is 10.6 Å². The first-order valence-corrected chi connectivity index (χ1v) is 10.7. The van der Waals surface area contributed by atoms with Crippen molar-refractivity contribution in [3.63, 3.8) is 0 Å². The van der Waals surface area contributed by atoms with Crippen LogP contribution in [0.3, 0.4) is 0 Å². The number of Topliss-reactive ketones (excluding diaryl/α,β-unsaturated/α-hetero) is 1. The van der Waals surface area contributed by atoms with Gasteiger partial charge in [-0.05, 0) is 42.5 Å². The predicted octanol–water partition coefficient (Wildman–Crippen LogP) is 5.88. The number of fused-ring (bicyclic) bond motifs is 1. The second-order valence-corrected chi connectivity index (χ2v) is 8.38. The number of hydrogen-bond acceptors (Lipinski definition) is 5. The third-order valence-electron chi connectivity index (χ3n) is 6.34. The molecule has 2 aliphatic rings. The van der Waals surface area contributed by atoms with Crippen molar-refractivity contribution in [3.8, 4) is 0 Å². The van der Waals surface area contributed by atoms with Crippen molar-refractivity contribution in [1.82, 2.24) is 0 Å². The van der Waals surface area contributed by atoms with E-state index in [0.29, 0.717) is 29.5 Å². The molecule has 1 heterocycles. The largest absolute Gasteiger partial charge is 0.372 e. The Morgan fingerprint density at radius 1 is 0.906 bits per heavy atom. The maximum Gasteiger partial charge on any atom is 0.272 e. The monoisotopic (exact) mass is 425 g/mol. The third kappa shape index (κ3) is 3.54. The summed E-state index contributed by atoms with van der Waals surface area (Å²) in [5.74, 6) is 0.148. The fourth-order valence-electron chi connectivity index (χ4n) is 4.71. The summed E-state index contributed by atoms with van der Waals surface area (Å²) >= 11 is 0. The molecule has 2 N–H and O–H groups in total. The van der Waals surface area contributed by atoms with Crippen molar-refractivity contribution in [2.45, 2.75) is 31.7 Å². The van der Waals surface area contributed by atoms with Crippen LogP contribution in [0.4, 0.5) is 17.1 Å². The molecule has 3 aromatic carbocycles.